The van der Waals surface area contributed by atoms with Crippen molar-refractivity contribution in [2.75, 3.05) is 13.2 Å². The van der Waals surface area contributed by atoms with Gasteiger partial charge in [0, 0.05) is 6.61 Å². The first-order valence-electron chi connectivity index (χ1n) is 7.74. The largest absolute Gasteiger partial charge is 0.489 e. The third kappa shape index (κ3) is 5.75. The maximum atomic E-state index is 12.0. The zero-order valence-electron chi connectivity index (χ0n) is 13.5. The fraction of sp³-hybridized carbons (Fsp3) is 0.316. The van der Waals surface area contributed by atoms with Crippen LogP contribution in [0.5, 0.6) is 5.75 Å². The van der Waals surface area contributed by atoms with Crippen LogP contribution in [0.4, 0.5) is 0 Å². The molecule has 0 aliphatic rings. The molecule has 0 spiro atoms. The number of hydrogen-bond acceptors (Lipinski definition) is 4. The van der Waals surface area contributed by atoms with Crippen LogP contribution >= 0.6 is 0 Å². The van der Waals surface area contributed by atoms with E-state index in [2.05, 4.69) is 0 Å². The van der Waals surface area contributed by atoms with Gasteiger partial charge in [0.25, 0.3) is 0 Å². The van der Waals surface area contributed by atoms with Gasteiger partial charge in [-0.3, -0.25) is 0 Å². The lowest BCUT2D eigenvalue weighted by Crippen LogP contribution is -2.20. The summed E-state index contributed by atoms with van der Waals surface area (Å²) in [7, 11) is 0. The van der Waals surface area contributed by atoms with Crippen LogP contribution in [0.3, 0.4) is 0 Å². The normalized spacial score (nSPS) is 11.7. The molecule has 0 aliphatic heterocycles. The highest BCUT2D eigenvalue weighted by Gasteiger charge is 2.12. The molecule has 0 aliphatic carbocycles. The van der Waals surface area contributed by atoms with Crippen molar-refractivity contribution in [3.63, 3.8) is 0 Å². The molecule has 1 unspecified atom stereocenters. The van der Waals surface area contributed by atoms with Crippen LogP contribution in [0.2, 0.25) is 0 Å². The van der Waals surface area contributed by atoms with Crippen molar-refractivity contribution in [1.29, 1.82) is 0 Å². The van der Waals surface area contributed by atoms with Crippen LogP contribution in [0.15, 0.2) is 54.6 Å². The Balaban J connectivity index is 1.85. The minimum absolute atomic E-state index is 0.267. The van der Waals surface area contributed by atoms with Crippen molar-refractivity contribution < 1.29 is 19.0 Å². The van der Waals surface area contributed by atoms with E-state index in [-0.39, 0.29) is 12.1 Å². The molecule has 0 amide bonds. The van der Waals surface area contributed by atoms with Gasteiger partial charge in [-0.2, -0.15) is 0 Å². The van der Waals surface area contributed by atoms with Gasteiger partial charge in [0.1, 0.15) is 18.5 Å². The number of carbonyl (C=O) groups is 1. The van der Waals surface area contributed by atoms with E-state index in [4.69, 9.17) is 14.2 Å². The Morgan fingerprint density at radius 2 is 1.74 bits per heavy atom. The van der Waals surface area contributed by atoms with Crippen molar-refractivity contribution in [3.05, 3.63) is 65.7 Å². The van der Waals surface area contributed by atoms with Crippen LogP contribution in [-0.2, 0) is 16.1 Å². The molecule has 2 aromatic rings. The standard InChI is InChI=1S/C19H22O4/c1-3-21-13-15(2)23-19(20)17-9-11-18(12-10-17)22-14-16-7-5-4-6-8-16/h4-12,15H,3,13-14H2,1-2H3. The maximum Gasteiger partial charge on any atom is 0.338 e. The van der Waals surface area contributed by atoms with E-state index in [0.29, 0.717) is 31.1 Å². The van der Waals surface area contributed by atoms with Crippen LogP contribution in [0.25, 0.3) is 0 Å². The second kappa shape index (κ2) is 8.96. The molecule has 122 valence electrons. The smallest absolute Gasteiger partial charge is 0.338 e. The van der Waals surface area contributed by atoms with Gasteiger partial charge in [0.2, 0.25) is 0 Å². The Bertz CT molecular complexity index is 593. The van der Waals surface area contributed by atoms with Crippen LogP contribution < -0.4 is 4.74 Å². The molecule has 0 saturated carbocycles. The second-order valence-electron chi connectivity index (χ2n) is 5.17. The Hall–Kier alpha value is -2.33. The average molecular weight is 314 g/mol. The topological polar surface area (TPSA) is 44.8 Å². The van der Waals surface area contributed by atoms with E-state index in [1.165, 1.54) is 0 Å². The number of benzene rings is 2. The van der Waals surface area contributed by atoms with E-state index in [0.717, 1.165) is 5.56 Å². The van der Waals surface area contributed by atoms with E-state index < -0.39 is 0 Å². The van der Waals surface area contributed by atoms with Crippen molar-refractivity contribution in [3.8, 4) is 5.75 Å². The molecule has 0 fully saturated rings. The van der Waals surface area contributed by atoms with Gasteiger partial charge in [0.05, 0.1) is 12.2 Å². The zero-order chi connectivity index (χ0) is 16.5. The van der Waals surface area contributed by atoms with Gasteiger partial charge in [0.15, 0.2) is 0 Å². The first-order chi connectivity index (χ1) is 11.2. The summed E-state index contributed by atoms with van der Waals surface area (Å²) in [4.78, 5) is 12.0. The number of carbonyl (C=O) groups excluding carboxylic acids is 1. The van der Waals surface area contributed by atoms with Gasteiger partial charge in [-0.1, -0.05) is 30.3 Å². The highest BCUT2D eigenvalue weighted by Crippen LogP contribution is 2.15. The fourth-order valence-electron chi connectivity index (χ4n) is 2.00. The molecule has 0 saturated heterocycles. The lowest BCUT2D eigenvalue weighted by Gasteiger charge is -2.13. The summed E-state index contributed by atoms with van der Waals surface area (Å²) in [5, 5.41) is 0. The van der Waals surface area contributed by atoms with Gasteiger partial charge in [-0.15, -0.1) is 0 Å². The van der Waals surface area contributed by atoms with Crippen molar-refractivity contribution in [1.82, 2.24) is 0 Å². The molecule has 2 aromatic carbocycles. The molecule has 0 bridgehead atoms. The van der Waals surface area contributed by atoms with Gasteiger partial charge in [-0.25, -0.2) is 4.79 Å². The van der Waals surface area contributed by atoms with Crippen molar-refractivity contribution in [2.24, 2.45) is 0 Å². The monoisotopic (exact) mass is 314 g/mol. The number of esters is 1. The molecular formula is C19H22O4. The molecule has 23 heavy (non-hydrogen) atoms. The molecule has 1 atom stereocenters. The summed E-state index contributed by atoms with van der Waals surface area (Å²) in [5.41, 5.74) is 1.60. The first-order valence-corrected chi connectivity index (χ1v) is 7.74. The van der Waals surface area contributed by atoms with Gasteiger partial charge >= 0.3 is 5.97 Å². The highest BCUT2D eigenvalue weighted by atomic mass is 16.6. The summed E-state index contributed by atoms with van der Waals surface area (Å²) in [6.45, 7) is 5.22. The van der Waals surface area contributed by atoms with E-state index in [9.17, 15) is 4.79 Å². The average Bonchev–Trinajstić information content (AvgIpc) is 2.59. The molecule has 0 heterocycles. The van der Waals surface area contributed by atoms with Gasteiger partial charge < -0.3 is 14.2 Å². The summed E-state index contributed by atoms with van der Waals surface area (Å²) in [5.74, 6) is 0.361. The van der Waals surface area contributed by atoms with E-state index in [1.807, 2.05) is 44.2 Å². The Kier molecular flexibility index (Phi) is 6.63. The third-order valence-electron chi connectivity index (χ3n) is 3.20. The van der Waals surface area contributed by atoms with Crippen molar-refractivity contribution in [2.45, 2.75) is 26.6 Å². The molecule has 2 rings (SSSR count). The highest BCUT2D eigenvalue weighted by molar-refractivity contribution is 5.89. The van der Waals surface area contributed by atoms with Crippen molar-refractivity contribution >= 4 is 5.97 Å². The third-order valence-corrected chi connectivity index (χ3v) is 3.20. The molecular weight excluding hydrogens is 292 g/mol. The molecule has 0 radical (unpaired) electrons. The molecule has 0 N–H and O–H groups in total. The van der Waals surface area contributed by atoms with E-state index in [1.54, 1.807) is 24.3 Å². The molecule has 4 nitrogen and oxygen atoms in total. The molecule has 0 aromatic heterocycles. The lowest BCUT2D eigenvalue weighted by atomic mass is 10.2. The van der Waals surface area contributed by atoms with E-state index >= 15 is 0 Å². The van der Waals surface area contributed by atoms with Crippen LogP contribution in [-0.4, -0.2) is 25.3 Å². The number of rotatable bonds is 8. The minimum atomic E-state index is -0.355. The Morgan fingerprint density at radius 1 is 1.04 bits per heavy atom. The second-order valence-corrected chi connectivity index (χ2v) is 5.17. The minimum Gasteiger partial charge on any atom is -0.489 e. The predicted octanol–water partition coefficient (Wildman–Crippen LogP) is 3.85. The van der Waals surface area contributed by atoms with Gasteiger partial charge in [-0.05, 0) is 43.7 Å². The summed E-state index contributed by atoms with van der Waals surface area (Å²) in [6.07, 6.45) is -0.267. The predicted molar refractivity (Wildman–Crippen MR) is 88.6 cm³/mol. The number of ether oxygens (including phenoxy) is 3. The maximum absolute atomic E-state index is 12.0. The zero-order valence-corrected chi connectivity index (χ0v) is 13.5. The Labute approximate surface area is 137 Å². The quantitative estimate of drug-likeness (QED) is 0.694. The Morgan fingerprint density at radius 3 is 2.39 bits per heavy atom. The first kappa shape index (κ1) is 17.0. The summed E-state index contributed by atoms with van der Waals surface area (Å²) < 4.78 is 16.2. The summed E-state index contributed by atoms with van der Waals surface area (Å²) >= 11 is 0. The SMILES string of the molecule is CCOCC(C)OC(=O)c1ccc(OCc2ccccc2)cc1. The molecule has 4 heteroatoms. The lowest BCUT2D eigenvalue weighted by molar-refractivity contribution is 0.00439. The van der Waals surface area contributed by atoms with Crippen LogP contribution in [0, 0.1) is 0 Å². The number of hydrogen-bond donors (Lipinski definition) is 0. The summed E-state index contributed by atoms with van der Waals surface area (Å²) in [6, 6.07) is 16.9. The van der Waals surface area contributed by atoms with Crippen LogP contribution in [0.1, 0.15) is 29.8 Å². The fourth-order valence-corrected chi connectivity index (χ4v) is 2.00.